The van der Waals surface area contributed by atoms with Crippen LogP contribution in [0.25, 0.3) is 0 Å². The number of hydrogen-bond donors (Lipinski definition) is 0. The fourth-order valence-corrected chi connectivity index (χ4v) is 7.89. The van der Waals surface area contributed by atoms with Gasteiger partial charge in [-0.1, -0.05) is 32.0 Å². The zero-order valence-corrected chi connectivity index (χ0v) is 17.9. The maximum Gasteiger partial charge on any atom is 0.338 e. The number of ether oxygens (including phenoxy) is 1. The molecular formula is C26H34O3. The van der Waals surface area contributed by atoms with Gasteiger partial charge in [-0.2, -0.15) is 0 Å². The van der Waals surface area contributed by atoms with Crippen molar-refractivity contribution in [3.05, 3.63) is 35.9 Å². The Labute approximate surface area is 174 Å². The van der Waals surface area contributed by atoms with Crippen molar-refractivity contribution in [3.8, 4) is 0 Å². The molecule has 0 radical (unpaired) electrons. The third-order valence-corrected chi connectivity index (χ3v) is 9.61. The SMILES string of the molecule is C[C@]12CC[C@H](OC(=O)c3ccccc3)C[C@@H]1CC[C@@H]1[C@@H]2CC[C@]2(C)C(=O)CC[C@@H]12. The maximum atomic E-state index is 12.6. The van der Waals surface area contributed by atoms with Gasteiger partial charge in [-0.3, -0.25) is 4.79 Å². The number of Topliss-reactive ketones (excluding diaryl/α,β-unsaturated/α-hetero) is 1. The van der Waals surface area contributed by atoms with E-state index in [2.05, 4.69) is 13.8 Å². The largest absolute Gasteiger partial charge is 0.459 e. The standard InChI is InChI=1S/C26H34O3/c1-25-14-12-19(29-24(28)17-6-4-3-5-7-17)16-18(25)8-9-20-21-10-11-23(27)26(21,2)15-13-22(20)25/h3-7,18-22H,8-16H2,1-2H3/t18-,19-,20-,21-,22-,25-,26-/m0/s1. The highest BCUT2D eigenvalue weighted by atomic mass is 16.5. The van der Waals surface area contributed by atoms with Crippen LogP contribution in [0.15, 0.2) is 30.3 Å². The van der Waals surface area contributed by atoms with Crippen LogP contribution < -0.4 is 0 Å². The van der Waals surface area contributed by atoms with Crippen LogP contribution in [0.1, 0.15) is 82.0 Å². The van der Waals surface area contributed by atoms with Gasteiger partial charge in [-0.05, 0) is 92.6 Å². The third kappa shape index (κ3) is 2.99. The summed E-state index contributed by atoms with van der Waals surface area (Å²) in [6.45, 7) is 4.78. The summed E-state index contributed by atoms with van der Waals surface area (Å²) >= 11 is 0. The molecule has 29 heavy (non-hydrogen) atoms. The molecule has 4 aliphatic rings. The lowest BCUT2D eigenvalue weighted by molar-refractivity contribution is -0.142. The van der Waals surface area contributed by atoms with Gasteiger partial charge >= 0.3 is 5.97 Å². The Bertz CT molecular complexity index is 801. The van der Waals surface area contributed by atoms with Crippen molar-refractivity contribution in [1.82, 2.24) is 0 Å². The number of fused-ring (bicyclic) bond motifs is 5. The monoisotopic (exact) mass is 394 g/mol. The number of esters is 1. The molecule has 0 amide bonds. The first-order valence-corrected chi connectivity index (χ1v) is 11.7. The molecule has 0 N–H and O–H groups in total. The molecule has 4 saturated carbocycles. The second kappa shape index (κ2) is 6.96. The van der Waals surface area contributed by atoms with Crippen molar-refractivity contribution in [2.24, 2.45) is 34.5 Å². The minimum absolute atomic E-state index is 0.0349. The molecule has 0 unspecified atom stereocenters. The molecule has 1 aromatic carbocycles. The fourth-order valence-electron chi connectivity index (χ4n) is 7.89. The molecule has 0 heterocycles. The molecule has 3 nitrogen and oxygen atoms in total. The van der Waals surface area contributed by atoms with Crippen LogP contribution in [-0.2, 0) is 9.53 Å². The second-order valence-corrected chi connectivity index (χ2v) is 10.7. The first-order valence-electron chi connectivity index (χ1n) is 11.7. The van der Waals surface area contributed by atoms with Gasteiger partial charge in [0, 0.05) is 11.8 Å². The van der Waals surface area contributed by atoms with E-state index in [4.69, 9.17) is 4.74 Å². The summed E-state index contributed by atoms with van der Waals surface area (Å²) in [6.07, 6.45) is 9.93. The Morgan fingerprint density at radius 1 is 0.966 bits per heavy atom. The zero-order chi connectivity index (χ0) is 20.2. The van der Waals surface area contributed by atoms with Crippen LogP contribution in [0.4, 0.5) is 0 Å². The smallest absolute Gasteiger partial charge is 0.338 e. The predicted octanol–water partition coefficient (Wildman–Crippen LogP) is 5.82. The van der Waals surface area contributed by atoms with Gasteiger partial charge in [0.25, 0.3) is 0 Å². The average molecular weight is 395 g/mol. The topological polar surface area (TPSA) is 43.4 Å². The molecule has 0 spiro atoms. The summed E-state index contributed by atoms with van der Waals surface area (Å²) in [5, 5.41) is 0. The molecule has 0 aliphatic heterocycles. The van der Waals surface area contributed by atoms with Gasteiger partial charge in [-0.25, -0.2) is 4.79 Å². The van der Waals surface area contributed by atoms with E-state index in [9.17, 15) is 9.59 Å². The molecule has 4 fully saturated rings. The lowest BCUT2D eigenvalue weighted by Crippen LogP contribution is -2.54. The normalized spacial score (nSPS) is 43.8. The van der Waals surface area contributed by atoms with E-state index in [1.165, 1.54) is 19.3 Å². The van der Waals surface area contributed by atoms with E-state index in [0.29, 0.717) is 28.6 Å². The molecule has 0 aromatic heterocycles. The fraction of sp³-hybridized carbons (Fsp3) is 0.692. The lowest BCUT2D eigenvalue weighted by Gasteiger charge is -2.60. The summed E-state index contributed by atoms with van der Waals surface area (Å²) in [6, 6.07) is 9.37. The van der Waals surface area contributed by atoms with Crippen LogP contribution in [-0.4, -0.2) is 17.9 Å². The van der Waals surface area contributed by atoms with Gasteiger partial charge in [0.1, 0.15) is 11.9 Å². The molecule has 7 atom stereocenters. The van der Waals surface area contributed by atoms with Crippen molar-refractivity contribution in [3.63, 3.8) is 0 Å². The molecular weight excluding hydrogens is 360 g/mol. The number of carbonyl (C=O) groups excluding carboxylic acids is 2. The van der Waals surface area contributed by atoms with Gasteiger partial charge in [0.05, 0.1) is 5.56 Å². The Morgan fingerprint density at radius 2 is 1.76 bits per heavy atom. The Kier molecular flexibility index (Phi) is 4.64. The summed E-state index contributed by atoms with van der Waals surface area (Å²) in [5.41, 5.74) is 0.972. The molecule has 0 saturated heterocycles. The molecule has 3 heteroatoms. The molecule has 1 aromatic rings. The lowest BCUT2D eigenvalue weighted by atomic mass is 9.45. The first kappa shape index (κ1) is 19.3. The highest BCUT2D eigenvalue weighted by Gasteiger charge is 2.60. The third-order valence-electron chi connectivity index (χ3n) is 9.61. The van der Waals surface area contributed by atoms with Crippen molar-refractivity contribution < 1.29 is 14.3 Å². The number of ketones is 1. The summed E-state index contributed by atoms with van der Waals surface area (Å²) in [4.78, 5) is 25.1. The van der Waals surface area contributed by atoms with E-state index in [0.717, 1.165) is 50.4 Å². The van der Waals surface area contributed by atoms with Crippen LogP contribution in [0.3, 0.4) is 0 Å². The summed E-state index contributed by atoms with van der Waals surface area (Å²) in [7, 11) is 0. The van der Waals surface area contributed by atoms with E-state index in [1.54, 1.807) is 0 Å². The van der Waals surface area contributed by atoms with E-state index in [1.807, 2.05) is 30.3 Å². The minimum Gasteiger partial charge on any atom is -0.459 e. The van der Waals surface area contributed by atoms with Crippen LogP contribution in [0.5, 0.6) is 0 Å². The number of hydrogen-bond acceptors (Lipinski definition) is 3. The first-order chi connectivity index (χ1) is 13.9. The van der Waals surface area contributed by atoms with Crippen molar-refractivity contribution in [1.29, 1.82) is 0 Å². The van der Waals surface area contributed by atoms with E-state index >= 15 is 0 Å². The Hall–Kier alpha value is -1.64. The number of carbonyl (C=O) groups is 2. The Balaban J connectivity index is 1.29. The van der Waals surface area contributed by atoms with Gasteiger partial charge in [0.2, 0.25) is 0 Å². The summed E-state index contributed by atoms with van der Waals surface area (Å²) in [5.74, 6) is 3.09. The van der Waals surface area contributed by atoms with Crippen molar-refractivity contribution in [2.45, 2.75) is 77.7 Å². The second-order valence-electron chi connectivity index (χ2n) is 10.7. The van der Waals surface area contributed by atoms with Crippen LogP contribution in [0, 0.1) is 34.5 Å². The zero-order valence-electron chi connectivity index (χ0n) is 17.9. The molecule has 4 aliphatic carbocycles. The van der Waals surface area contributed by atoms with Gasteiger partial charge in [0.15, 0.2) is 0 Å². The van der Waals surface area contributed by atoms with Crippen molar-refractivity contribution in [2.75, 3.05) is 0 Å². The average Bonchev–Trinajstić information content (AvgIpc) is 3.03. The van der Waals surface area contributed by atoms with E-state index < -0.39 is 0 Å². The van der Waals surface area contributed by atoms with E-state index in [-0.39, 0.29) is 17.5 Å². The number of benzene rings is 1. The van der Waals surface area contributed by atoms with Crippen LogP contribution >= 0.6 is 0 Å². The van der Waals surface area contributed by atoms with Gasteiger partial charge < -0.3 is 4.74 Å². The minimum atomic E-state index is -0.175. The quantitative estimate of drug-likeness (QED) is 0.593. The summed E-state index contributed by atoms with van der Waals surface area (Å²) < 4.78 is 5.92. The molecule has 5 rings (SSSR count). The highest BCUT2D eigenvalue weighted by molar-refractivity contribution is 5.89. The Morgan fingerprint density at radius 3 is 2.55 bits per heavy atom. The van der Waals surface area contributed by atoms with Gasteiger partial charge in [-0.15, -0.1) is 0 Å². The van der Waals surface area contributed by atoms with Crippen LogP contribution in [0.2, 0.25) is 0 Å². The molecule has 0 bridgehead atoms. The molecule has 156 valence electrons. The highest BCUT2D eigenvalue weighted by Crippen LogP contribution is 2.65. The maximum absolute atomic E-state index is 12.6. The van der Waals surface area contributed by atoms with Crippen molar-refractivity contribution >= 4 is 11.8 Å². The predicted molar refractivity (Wildman–Crippen MR) is 112 cm³/mol. The number of rotatable bonds is 2.